The fraction of sp³-hybridized carbons (Fsp3) is 0.409. The Morgan fingerprint density at radius 1 is 1.19 bits per heavy atom. The Labute approximate surface area is 192 Å². The number of hydrogen-bond acceptors (Lipinski definition) is 5. The van der Waals surface area contributed by atoms with Crippen LogP contribution in [-0.4, -0.2) is 46.7 Å². The summed E-state index contributed by atoms with van der Waals surface area (Å²) in [6, 6.07) is 12.3. The maximum absolute atomic E-state index is 13.1. The first kappa shape index (κ1) is 22.7. The highest BCUT2D eigenvalue weighted by Crippen LogP contribution is 2.26. The van der Waals surface area contributed by atoms with E-state index in [2.05, 4.69) is 15.6 Å². The third-order valence-corrected chi connectivity index (χ3v) is 8.06. The molecule has 0 aliphatic carbocycles. The lowest BCUT2D eigenvalue weighted by atomic mass is 9.97. The Hall–Kier alpha value is -2.49. The summed E-state index contributed by atoms with van der Waals surface area (Å²) in [5, 5.41) is 11.7. The van der Waals surface area contributed by atoms with Gasteiger partial charge in [-0.1, -0.05) is 41.9 Å². The molecule has 0 saturated carbocycles. The van der Waals surface area contributed by atoms with E-state index in [0.29, 0.717) is 43.0 Å². The van der Waals surface area contributed by atoms with Crippen molar-refractivity contribution in [1.82, 2.24) is 24.6 Å². The van der Waals surface area contributed by atoms with Gasteiger partial charge in [0, 0.05) is 37.1 Å². The first-order chi connectivity index (χ1) is 15.4. The molecule has 32 heavy (non-hydrogen) atoms. The summed E-state index contributed by atoms with van der Waals surface area (Å²) >= 11 is 6.14. The molecule has 2 heterocycles. The molecule has 1 aliphatic heterocycles. The van der Waals surface area contributed by atoms with E-state index in [4.69, 9.17) is 11.6 Å². The van der Waals surface area contributed by atoms with Crippen LogP contribution in [0.5, 0.6) is 0 Å². The van der Waals surface area contributed by atoms with Crippen LogP contribution in [0, 0.1) is 5.92 Å². The van der Waals surface area contributed by atoms with Crippen molar-refractivity contribution in [2.45, 2.75) is 44.2 Å². The molecule has 3 aromatic rings. The van der Waals surface area contributed by atoms with Gasteiger partial charge in [-0.3, -0.25) is 4.79 Å². The van der Waals surface area contributed by atoms with Crippen molar-refractivity contribution in [3.63, 3.8) is 0 Å². The van der Waals surface area contributed by atoms with Crippen molar-refractivity contribution in [3.8, 4) is 0 Å². The molecule has 0 unspecified atom stereocenters. The van der Waals surface area contributed by atoms with Gasteiger partial charge in [0.1, 0.15) is 5.52 Å². The number of benzene rings is 2. The van der Waals surface area contributed by atoms with Crippen LogP contribution in [0.1, 0.15) is 31.7 Å². The number of nitrogens with zero attached hydrogens (tertiary/aromatic N) is 4. The fourth-order valence-corrected chi connectivity index (χ4v) is 5.66. The number of carbonyl (C=O) groups excluding carboxylic acids is 1. The summed E-state index contributed by atoms with van der Waals surface area (Å²) in [7, 11) is -3.66. The van der Waals surface area contributed by atoms with Crippen molar-refractivity contribution in [1.29, 1.82) is 0 Å². The van der Waals surface area contributed by atoms with Gasteiger partial charge < -0.3 is 5.32 Å². The van der Waals surface area contributed by atoms with Crippen LogP contribution in [0.15, 0.2) is 47.4 Å². The number of fused-ring (bicyclic) bond motifs is 1. The molecule has 10 heteroatoms. The summed E-state index contributed by atoms with van der Waals surface area (Å²) in [6.45, 7) is 3.73. The van der Waals surface area contributed by atoms with E-state index in [9.17, 15) is 13.2 Å². The average Bonchev–Trinajstić information content (AvgIpc) is 3.21. The number of sulfonamides is 1. The number of aromatic nitrogens is 3. The van der Waals surface area contributed by atoms with Gasteiger partial charge in [0.05, 0.1) is 10.4 Å². The van der Waals surface area contributed by atoms with E-state index >= 15 is 0 Å². The minimum atomic E-state index is -3.66. The van der Waals surface area contributed by atoms with Gasteiger partial charge in [-0.25, -0.2) is 13.1 Å². The van der Waals surface area contributed by atoms with Crippen molar-refractivity contribution >= 4 is 38.6 Å². The zero-order valence-corrected chi connectivity index (χ0v) is 19.4. The molecule has 1 saturated heterocycles. The highest BCUT2D eigenvalue weighted by Gasteiger charge is 2.32. The Morgan fingerprint density at radius 2 is 1.94 bits per heavy atom. The molecule has 1 N–H and O–H groups in total. The SMILES string of the molecule is CCCn1nnc2cc(S(=O)(=O)N3CCC(C(=O)NCc4ccccc4Cl)CC3)ccc21. The third-order valence-electron chi connectivity index (χ3n) is 5.79. The van der Waals surface area contributed by atoms with E-state index in [0.717, 1.165) is 24.0 Å². The molecular formula is C22H26ClN5O3S. The number of nitrogens with one attached hydrogen (secondary N) is 1. The summed E-state index contributed by atoms with van der Waals surface area (Å²) in [5.74, 6) is -0.295. The predicted molar refractivity (Wildman–Crippen MR) is 123 cm³/mol. The number of amides is 1. The van der Waals surface area contributed by atoms with Gasteiger partial charge in [0.15, 0.2) is 0 Å². The summed E-state index contributed by atoms with van der Waals surface area (Å²) < 4.78 is 29.5. The molecule has 0 spiro atoms. The molecule has 4 rings (SSSR count). The van der Waals surface area contributed by atoms with Crippen LogP contribution in [0.4, 0.5) is 0 Å². The number of piperidine rings is 1. The molecule has 2 aromatic carbocycles. The van der Waals surface area contributed by atoms with E-state index in [1.165, 1.54) is 4.31 Å². The third kappa shape index (κ3) is 4.65. The zero-order valence-electron chi connectivity index (χ0n) is 17.9. The van der Waals surface area contributed by atoms with Crippen LogP contribution >= 0.6 is 11.6 Å². The molecule has 0 radical (unpaired) electrons. The molecule has 1 aliphatic rings. The molecule has 1 fully saturated rings. The van der Waals surface area contributed by atoms with E-state index in [1.54, 1.807) is 28.9 Å². The highest BCUT2D eigenvalue weighted by atomic mass is 35.5. The van der Waals surface area contributed by atoms with E-state index in [1.807, 2.05) is 25.1 Å². The van der Waals surface area contributed by atoms with E-state index in [-0.39, 0.29) is 16.7 Å². The Morgan fingerprint density at radius 3 is 2.66 bits per heavy atom. The van der Waals surface area contributed by atoms with Crippen LogP contribution in [0.3, 0.4) is 0 Å². The van der Waals surface area contributed by atoms with Crippen LogP contribution in [-0.2, 0) is 27.9 Å². The molecule has 1 aromatic heterocycles. The highest BCUT2D eigenvalue weighted by molar-refractivity contribution is 7.89. The lowest BCUT2D eigenvalue weighted by molar-refractivity contribution is -0.126. The Balaban J connectivity index is 1.38. The second-order valence-electron chi connectivity index (χ2n) is 7.95. The second-order valence-corrected chi connectivity index (χ2v) is 10.3. The van der Waals surface area contributed by atoms with Crippen LogP contribution in [0.25, 0.3) is 11.0 Å². The molecule has 170 valence electrons. The zero-order chi connectivity index (χ0) is 22.7. The molecule has 8 nitrogen and oxygen atoms in total. The van der Waals surface area contributed by atoms with E-state index < -0.39 is 10.0 Å². The maximum Gasteiger partial charge on any atom is 0.243 e. The predicted octanol–water partition coefficient (Wildman–Crippen LogP) is 3.21. The standard InChI is InChI=1S/C22H26ClN5O3S/c1-2-11-28-21-8-7-18(14-20(21)25-26-28)32(30,31)27-12-9-16(10-13-27)22(29)24-15-17-5-3-4-6-19(17)23/h3-8,14,16H,2,9-13,15H2,1H3,(H,24,29). The van der Waals surface area contributed by atoms with Crippen LogP contribution in [0.2, 0.25) is 5.02 Å². The van der Waals surface area contributed by atoms with Gasteiger partial charge in [0.25, 0.3) is 0 Å². The minimum Gasteiger partial charge on any atom is -0.352 e. The summed E-state index contributed by atoms with van der Waals surface area (Å²) in [5.41, 5.74) is 2.24. The first-order valence-corrected chi connectivity index (χ1v) is 12.6. The van der Waals surface area contributed by atoms with Gasteiger partial charge in [-0.2, -0.15) is 4.31 Å². The molecular weight excluding hydrogens is 450 g/mol. The Kier molecular flexibility index (Phi) is 6.78. The first-order valence-electron chi connectivity index (χ1n) is 10.7. The van der Waals surface area contributed by atoms with Gasteiger partial charge in [0.2, 0.25) is 15.9 Å². The maximum atomic E-state index is 13.1. The summed E-state index contributed by atoms with van der Waals surface area (Å²) in [6.07, 6.45) is 1.87. The Bertz CT molecular complexity index is 1220. The van der Waals surface area contributed by atoms with Crippen molar-refractivity contribution in [2.24, 2.45) is 5.92 Å². The monoisotopic (exact) mass is 475 g/mol. The quantitative estimate of drug-likeness (QED) is 0.566. The number of aryl methyl sites for hydroxylation is 1. The normalized spacial score (nSPS) is 15.8. The topological polar surface area (TPSA) is 97.2 Å². The number of halogens is 1. The van der Waals surface area contributed by atoms with Crippen LogP contribution < -0.4 is 5.32 Å². The number of hydrogen-bond donors (Lipinski definition) is 1. The minimum absolute atomic E-state index is 0.0732. The lowest BCUT2D eigenvalue weighted by Gasteiger charge is -2.30. The van der Waals surface area contributed by atoms with Crippen molar-refractivity contribution < 1.29 is 13.2 Å². The number of carbonyl (C=O) groups is 1. The van der Waals surface area contributed by atoms with Gasteiger partial charge in [-0.15, -0.1) is 5.10 Å². The second kappa shape index (κ2) is 9.56. The largest absolute Gasteiger partial charge is 0.352 e. The summed E-state index contributed by atoms with van der Waals surface area (Å²) in [4.78, 5) is 12.8. The smallest absolute Gasteiger partial charge is 0.243 e. The average molecular weight is 476 g/mol. The molecule has 0 bridgehead atoms. The number of rotatable bonds is 7. The molecule has 1 amide bonds. The molecule has 0 atom stereocenters. The lowest BCUT2D eigenvalue weighted by Crippen LogP contribution is -2.42. The fourth-order valence-electron chi connectivity index (χ4n) is 3.97. The van der Waals surface area contributed by atoms with Gasteiger partial charge in [-0.05, 0) is 49.1 Å². The van der Waals surface area contributed by atoms with Gasteiger partial charge >= 0.3 is 0 Å². The van der Waals surface area contributed by atoms with Crippen molar-refractivity contribution in [2.75, 3.05) is 13.1 Å². The van der Waals surface area contributed by atoms with Crippen molar-refractivity contribution in [3.05, 3.63) is 53.1 Å².